The Morgan fingerprint density at radius 3 is 2.48 bits per heavy atom. The summed E-state index contributed by atoms with van der Waals surface area (Å²) < 4.78 is 4.57. The lowest BCUT2D eigenvalue weighted by Gasteiger charge is -2.16. The van der Waals surface area contributed by atoms with E-state index in [1.54, 1.807) is 18.2 Å². The lowest BCUT2D eigenvalue weighted by atomic mass is 10.1. The Balaban J connectivity index is 2.54. The molecule has 0 bridgehead atoms. The van der Waals surface area contributed by atoms with Crippen molar-refractivity contribution in [3.8, 4) is 5.75 Å². The molecule has 23 heavy (non-hydrogen) atoms. The van der Waals surface area contributed by atoms with Crippen LogP contribution in [-0.4, -0.2) is 41.2 Å². The zero-order valence-corrected chi connectivity index (χ0v) is 12.7. The van der Waals surface area contributed by atoms with E-state index in [0.29, 0.717) is 12.0 Å². The molecule has 0 fully saturated rings. The lowest BCUT2D eigenvalue weighted by Crippen LogP contribution is -2.42. The number of hydrogen-bond donors (Lipinski definition) is 4. The predicted octanol–water partition coefficient (Wildman–Crippen LogP) is 0.268. The molecule has 8 nitrogen and oxygen atoms in total. The van der Waals surface area contributed by atoms with Gasteiger partial charge in [0.2, 0.25) is 11.8 Å². The van der Waals surface area contributed by atoms with E-state index < -0.39 is 23.8 Å². The number of aromatic hydroxyl groups is 1. The highest BCUT2D eigenvalue weighted by Crippen LogP contribution is 2.17. The largest absolute Gasteiger partial charge is 0.508 e. The molecule has 2 amide bonds. The molecule has 0 aromatic heterocycles. The van der Waals surface area contributed by atoms with Crippen molar-refractivity contribution in [2.75, 3.05) is 7.11 Å². The number of carbonyl (C=O) groups excluding carboxylic acids is 3. The Bertz CT molecular complexity index is 561. The van der Waals surface area contributed by atoms with E-state index in [9.17, 15) is 19.5 Å². The first-order valence-corrected chi connectivity index (χ1v) is 7.05. The third-order valence-corrected chi connectivity index (χ3v) is 3.22. The van der Waals surface area contributed by atoms with Gasteiger partial charge >= 0.3 is 5.97 Å². The number of hydroxylamine groups is 1. The molecule has 1 aromatic rings. The number of benzene rings is 1. The maximum absolute atomic E-state index is 11.9. The van der Waals surface area contributed by atoms with Crippen molar-refractivity contribution in [2.45, 2.75) is 31.7 Å². The molecule has 4 N–H and O–H groups in total. The number of methoxy groups -OCH3 is 1. The molecule has 8 heteroatoms. The summed E-state index contributed by atoms with van der Waals surface area (Å²) in [5.74, 6) is -1.65. The average Bonchev–Trinajstić information content (AvgIpc) is 2.56. The van der Waals surface area contributed by atoms with Crippen molar-refractivity contribution in [3.63, 3.8) is 0 Å². The van der Waals surface area contributed by atoms with Crippen molar-refractivity contribution in [1.82, 2.24) is 10.8 Å². The van der Waals surface area contributed by atoms with Crippen LogP contribution >= 0.6 is 0 Å². The van der Waals surface area contributed by atoms with Gasteiger partial charge in [0.1, 0.15) is 11.8 Å². The number of hydrogen-bond acceptors (Lipinski definition) is 6. The van der Waals surface area contributed by atoms with Crippen LogP contribution in [0.4, 0.5) is 0 Å². The number of esters is 1. The first kappa shape index (κ1) is 18.4. The number of amides is 2. The second-order valence-corrected chi connectivity index (χ2v) is 4.85. The van der Waals surface area contributed by atoms with Crippen LogP contribution in [0.25, 0.3) is 0 Å². The van der Waals surface area contributed by atoms with Crippen LogP contribution in [0.3, 0.4) is 0 Å². The summed E-state index contributed by atoms with van der Waals surface area (Å²) in [5, 5.41) is 20.5. The molecule has 1 atom stereocenters. The number of ether oxygens (including phenoxy) is 1. The molecule has 0 spiro atoms. The van der Waals surface area contributed by atoms with Gasteiger partial charge in [-0.1, -0.05) is 18.2 Å². The Labute approximate surface area is 133 Å². The first-order valence-electron chi connectivity index (χ1n) is 7.05. The zero-order chi connectivity index (χ0) is 17.2. The van der Waals surface area contributed by atoms with Gasteiger partial charge in [-0.05, 0) is 24.5 Å². The number of para-hydroxylation sites is 1. The predicted molar refractivity (Wildman–Crippen MR) is 79.5 cm³/mol. The van der Waals surface area contributed by atoms with E-state index in [1.807, 2.05) is 0 Å². The summed E-state index contributed by atoms with van der Waals surface area (Å²) in [5.41, 5.74) is 2.07. The third-order valence-electron chi connectivity index (χ3n) is 3.22. The minimum Gasteiger partial charge on any atom is -0.508 e. The maximum Gasteiger partial charge on any atom is 0.328 e. The van der Waals surface area contributed by atoms with Crippen molar-refractivity contribution >= 4 is 17.8 Å². The van der Waals surface area contributed by atoms with Gasteiger partial charge in [-0.2, -0.15) is 0 Å². The highest BCUT2D eigenvalue weighted by Gasteiger charge is 2.22. The SMILES string of the molecule is COC(=O)[C@H](CCC(=O)NO)NC(=O)CCc1ccccc1O. The summed E-state index contributed by atoms with van der Waals surface area (Å²) in [4.78, 5) is 34.5. The Morgan fingerprint density at radius 2 is 1.87 bits per heavy atom. The first-order chi connectivity index (χ1) is 11.0. The molecular formula is C15H20N2O6. The van der Waals surface area contributed by atoms with E-state index in [4.69, 9.17) is 5.21 Å². The second-order valence-electron chi connectivity index (χ2n) is 4.85. The normalized spacial score (nSPS) is 11.4. The molecule has 0 unspecified atom stereocenters. The molecule has 1 rings (SSSR count). The van der Waals surface area contributed by atoms with Gasteiger partial charge in [-0.15, -0.1) is 0 Å². The highest BCUT2D eigenvalue weighted by atomic mass is 16.5. The van der Waals surface area contributed by atoms with Crippen LogP contribution in [0.1, 0.15) is 24.8 Å². The number of carbonyl (C=O) groups is 3. The Kier molecular flexibility index (Phi) is 7.55. The molecule has 0 heterocycles. The van der Waals surface area contributed by atoms with Crippen molar-refractivity contribution < 1.29 is 29.4 Å². The fourth-order valence-corrected chi connectivity index (χ4v) is 1.96. The Hall–Kier alpha value is -2.61. The molecule has 126 valence electrons. The minimum absolute atomic E-state index is 0.00138. The quantitative estimate of drug-likeness (QED) is 0.309. The fourth-order valence-electron chi connectivity index (χ4n) is 1.96. The molecule has 1 aromatic carbocycles. The van der Waals surface area contributed by atoms with Crippen LogP contribution in [0, 0.1) is 0 Å². The zero-order valence-electron chi connectivity index (χ0n) is 12.7. The summed E-state index contributed by atoms with van der Waals surface area (Å²) in [6, 6.07) is 5.68. The van der Waals surface area contributed by atoms with Crippen LogP contribution < -0.4 is 10.8 Å². The van der Waals surface area contributed by atoms with Crippen molar-refractivity contribution in [1.29, 1.82) is 0 Å². The van der Waals surface area contributed by atoms with Gasteiger partial charge in [-0.25, -0.2) is 10.3 Å². The molecule has 0 aliphatic rings. The fraction of sp³-hybridized carbons (Fsp3) is 0.400. The smallest absolute Gasteiger partial charge is 0.328 e. The van der Waals surface area contributed by atoms with Crippen LogP contribution in [-0.2, 0) is 25.5 Å². The topological polar surface area (TPSA) is 125 Å². The molecular weight excluding hydrogens is 304 g/mol. The van der Waals surface area contributed by atoms with Crippen LogP contribution in [0.15, 0.2) is 24.3 Å². The maximum atomic E-state index is 11.9. The monoisotopic (exact) mass is 324 g/mol. The lowest BCUT2D eigenvalue weighted by molar-refractivity contribution is -0.145. The van der Waals surface area contributed by atoms with Gasteiger partial charge in [0.05, 0.1) is 7.11 Å². The standard InChI is InChI=1S/C15H20N2O6/c1-23-15(21)11(7-9-14(20)17-22)16-13(19)8-6-10-4-2-3-5-12(10)18/h2-5,11,18,22H,6-9H2,1H3,(H,16,19)(H,17,20)/t11-/m0/s1. The Morgan fingerprint density at radius 1 is 1.17 bits per heavy atom. The number of aryl methyl sites for hydroxylation is 1. The van der Waals surface area contributed by atoms with E-state index in [2.05, 4.69) is 10.1 Å². The molecule has 0 saturated heterocycles. The van der Waals surface area contributed by atoms with E-state index in [0.717, 1.165) is 0 Å². The van der Waals surface area contributed by atoms with Gasteiger partial charge in [0, 0.05) is 12.8 Å². The molecule has 0 radical (unpaired) electrons. The van der Waals surface area contributed by atoms with Crippen LogP contribution in [0.5, 0.6) is 5.75 Å². The number of rotatable bonds is 8. The summed E-state index contributed by atoms with van der Waals surface area (Å²) in [6.45, 7) is 0. The van der Waals surface area contributed by atoms with Gasteiger partial charge in [0.15, 0.2) is 0 Å². The second kappa shape index (κ2) is 9.42. The molecule has 0 aliphatic heterocycles. The van der Waals surface area contributed by atoms with E-state index in [1.165, 1.54) is 18.7 Å². The minimum atomic E-state index is -0.978. The molecule has 0 saturated carbocycles. The van der Waals surface area contributed by atoms with Gasteiger partial charge in [0.25, 0.3) is 0 Å². The van der Waals surface area contributed by atoms with Crippen molar-refractivity contribution in [3.05, 3.63) is 29.8 Å². The van der Waals surface area contributed by atoms with Crippen LogP contribution in [0.2, 0.25) is 0 Å². The summed E-state index contributed by atoms with van der Waals surface area (Å²) >= 11 is 0. The molecule has 0 aliphatic carbocycles. The number of nitrogens with one attached hydrogen (secondary N) is 2. The van der Waals surface area contributed by atoms with Gasteiger partial charge in [-0.3, -0.25) is 14.8 Å². The van der Waals surface area contributed by atoms with Crippen molar-refractivity contribution in [2.24, 2.45) is 0 Å². The van der Waals surface area contributed by atoms with Gasteiger partial charge < -0.3 is 15.2 Å². The summed E-state index contributed by atoms with van der Waals surface area (Å²) in [7, 11) is 1.18. The highest BCUT2D eigenvalue weighted by molar-refractivity contribution is 5.85. The summed E-state index contributed by atoms with van der Waals surface area (Å²) in [6.07, 6.45) is 0.234. The number of phenolic OH excluding ortho intramolecular Hbond substituents is 1. The average molecular weight is 324 g/mol. The van der Waals surface area contributed by atoms with E-state index in [-0.39, 0.29) is 25.0 Å². The van der Waals surface area contributed by atoms with E-state index >= 15 is 0 Å². The number of phenols is 1. The third kappa shape index (κ3) is 6.35.